The van der Waals surface area contributed by atoms with Gasteiger partial charge in [-0.1, -0.05) is 6.07 Å². The number of aromatic nitrogens is 1. The molecule has 1 heterocycles. The SMILES string of the molecule is COC(C)(C)CCCOCC(O)CNCc1ccccn1. The lowest BCUT2D eigenvalue weighted by atomic mass is 10.0. The Kier molecular flexibility index (Phi) is 8.45. The standard InChI is InChI=1S/C16H28N2O3/c1-16(2,20-3)8-6-10-21-13-15(19)12-17-11-14-7-4-5-9-18-14/h4-5,7,9,15,17,19H,6,8,10-13H2,1-3H3. The van der Waals surface area contributed by atoms with Gasteiger partial charge in [-0.25, -0.2) is 0 Å². The number of aliphatic hydroxyl groups is 1. The average Bonchev–Trinajstić information content (AvgIpc) is 2.48. The van der Waals surface area contributed by atoms with Gasteiger partial charge in [0.2, 0.25) is 0 Å². The van der Waals surface area contributed by atoms with E-state index < -0.39 is 6.10 Å². The summed E-state index contributed by atoms with van der Waals surface area (Å²) in [5.41, 5.74) is 0.860. The fraction of sp³-hybridized carbons (Fsp3) is 0.688. The molecule has 2 N–H and O–H groups in total. The van der Waals surface area contributed by atoms with Crippen molar-refractivity contribution in [1.29, 1.82) is 0 Å². The highest BCUT2D eigenvalue weighted by Crippen LogP contribution is 2.14. The van der Waals surface area contributed by atoms with Crippen LogP contribution in [0.2, 0.25) is 0 Å². The number of methoxy groups -OCH3 is 1. The molecule has 0 aromatic carbocycles. The van der Waals surface area contributed by atoms with Crippen molar-refractivity contribution in [3.05, 3.63) is 30.1 Å². The first kappa shape index (κ1) is 18.0. The third kappa shape index (κ3) is 8.78. The molecule has 0 aliphatic heterocycles. The molecule has 0 aliphatic carbocycles. The Bertz CT molecular complexity index is 371. The molecule has 5 nitrogen and oxygen atoms in total. The molecule has 0 radical (unpaired) electrons. The quantitative estimate of drug-likeness (QED) is 0.609. The van der Waals surface area contributed by atoms with Crippen molar-refractivity contribution in [1.82, 2.24) is 10.3 Å². The number of ether oxygens (including phenoxy) is 2. The summed E-state index contributed by atoms with van der Waals surface area (Å²) < 4.78 is 10.8. The highest BCUT2D eigenvalue weighted by atomic mass is 16.5. The Morgan fingerprint density at radius 2 is 2.19 bits per heavy atom. The predicted octanol–water partition coefficient (Wildman–Crippen LogP) is 1.75. The summed E-state index contributed by atoms with van der Waals surface area (Å²) in [4.78, 5) is 4.21. The smallest absolute Gasteiger partial charge is 0.0897 e. The van der Waals surface area contributed by atoms with Crippen molar-refractivity contribution in [2.45, 2.75) is 44.9 Å². The lowest BCUT2D eigenvalue weighted by Crippen LogP contribution is -2.30. The van der Waals surface area contributed by atoms with Crippen LogP contribution in [0, 0.1) is 0 Å². The molecule has 0 aliphatic rings. The molecule has 0 bridgehead atoms. The van der Waals surface area contributed by atoms with Gasteiger partial charge in [0.1, 0.15) is 0 Å². The molecule has 0 saturated carbocycles. The molecule has 0 amide bonds. The zero-order valence-electron chi connectivity index (χ0n) is 13.3. The Balaban J connectivity index is 2.00. The van der Waals surface area contributed by atoms with Gasteiger partial charge >= 0.3 is 0 Å². The first-order valence-electron chi connectivity index (χ1n) is 7.45. The first-order chi connectivity index (χ1) is 10.0. The van der Waals surface area contributed by atoms with Gasteiger partial charge in [-0.15, -0.1) is 0 Å². The van der Waals surface area contributed by atoms with Gasteiger partial charge in [0.15, 0.2) is 0 Å². The molecule has 120 valence electrons. The predicted molar refractivity (Wildman–Crippen MR) is 83.1 cm³/mol. The summed E-state index contributed by atoms with van der Waals surface area (Å²) in [7, 11) is 1.72. The fourth-order valence-corrected chi connectivity index (χ4v) is 1.85. The average molecular weight is 296 g/mol. The van der Waals surface area contributed by atoms with Gasteiger partial charge in [-0.3, -0.25) is 4.98 Å². The lowest BCUT2D eigenvalue weighted by Gasteiger charge is -2.22. The maximum atomic E-state index is 9.80. The fourth-order valence-electron chi connectivity index (χ4n) is 1.85. The highest BCUT2D eigenvalue weighted by molar-refractivity contribution is 5.02. The van der Waals surface area contributed by atoms with Gasteiger partial charge in [0, 0.05) is 33.0 Å². The molecular formula is C16H28N2O3. The van der Waals surface area contributed by atoms with E-state index in [0.717, 1.165) is 18.5 Å². The van der Waals surface area contributed by atoms with Crippen LogP contribution in [-0.4, -0.2) is 48.7 Å². The van der Waals surface area contributed by atoms with Crippen LogP contribution in [0.5, 0.6) is 0 Å². The largest absolute Gasteiger partial charge is 0.389 e. The molecule has 0 spiro atoms. The van der Waals surface area contributed by atoms with Gasteiger partial charge in [0.25, 0.3) is 0 Å². The molecule has 21 heavy (non-hydrogen) atoms. The topological polar surface area (TPSA) is 63.6 Å². The Hall–Kier alpha value is -1.01. The molecule has 0 saturated heterocycles. The number of aliphatic hydroxyl groups excluding tert-OH is 1. The second kappa shape index (κ2) is 9.84. The lowest BCUT2D eigenvalue weighted by molar-refractivity contribution is -0.00247. The van der Waals surface area contributed by atoms with Crippen LogP contribution in [0.4, 0.5) is 0 Å². The maximum absolute atomic E-state index is 9.80. The van der Waals surface area contributed by atoms with Crippen LogP contribution in [-0.2, 0) is 16.0 Å². The highest BCUT2D eigenvalue weighted by Gasteiger charge is 2.15. The minimum atomic E-state index is -0.496. The maximum Gasteiger partial charge on any atom is 0.0897 e. The zero-order chi connectivity index (χ0) is 15.6. The molecule has 1 aromatic heterocycles. The van der Waals surface area contributed by atoms with E-state index >= 15 is 0 Å². The molecule has 1 rings (SSSR count). The molecular weight excluding hydrogens is 268 g/mol. The van der Waals surface area contributed by atoms with Crippen LogP contribution in [0.3, 0.4) is 0 Å². The van der Waals surface area contributed by atoms with Crippen molar-refractivity contribution in [3.8, 4) is 0 Å². The van der Waals surface area contributed by atoms with Crippen LogP contribution in [0.25, 0.3) is 0 Å². The van der Waals surface area contributed by atoms with Crippen molar-refractivity contribution >= 4 is 0 Å². The van der Waals surface area contributed by atoms with Crippen molar-refractivity contribution < 1.29 is 14.6 Å². The van der Waals surface area contributed by atoms with Crippen molar-refractivity contribution in [3.63, 3.8) is 0 Å². The number of rotatable bonds is 11. The first-order valence-corrected chi connectivity index (χ1v) is 7.45. The Morgan fingerprint density at radius 1 is 1.38 bits per heavy atom. The molecule has 1 aromatic rings. The molecule has 1 unspecified atom stereocenters. The van der Waals surface area contributed by atoms with E-state index in [1.165, 1.54) is 0 Å². The summed E-state index contributed by atoms with van der Waals surface area (Å²) in [6, 6.07) is 5.79. The number of hydrogen-bond donors (Lipinski definition) is 2. The van der Waals surface area contributed by atoms with E-state index in [-0.39, 0.29) is 5.60 Å². The van der Waals surface area contributed by atoms with Gasteiger partial charge in [-0.05, 0) is 38.8 Å². The van der Waals surface area contributed by atoms with Crippen molar-refractivity contribution in [2.24, 2.45) is 0 Å². The third-order valence-electron chi connectivity index (χ3n) is 3.34. The van der Waals surface area contributed by atoms with E-state index in [1.807, 2.05) is 18.2 Å². The zero-order valence-corrected chi connectivity index (χ0v) is 13.3. The minimum absolute atomic E-state index is 0.105. The number of pyridine rings is 1. The van der Waals surface area contributed by atoms with E-state index in [4.69, 9.17) is 9.47 Å². The normalized spacial score (nSPS) is 13.3. The Morgan fingerprint density at radius 3 is 2.86 bits per heavy atom. The summed E-state index contributed by atoms with van der Waals surface area (Å²) >= 11 is 0. The summed E-state index contributed by atoms with van der Waals surface area (Å²) in [6.07, 6.45) is 3.13. The van der Waals surface area contributed by atoms with Crippen LogP contribution in [0.1, 0.15) is 32.4 Å². The molecule has 1 atom stereocenters. The third-order valence-corrected chi connectivity index (χ3v) is 3.34. The number of hydrogen-bond acceptors (Lipinski definition) is 5. The van der Waals surface area contributed by atoms with Crippen LogP contribution in [0.15, 0.2) is 24.4 Å². The van der Waals surface area contributed by atoms with Crippen LogP contribution >= 0.6 is 0 Å². The number of nitrogens with one attached hydrogen (secondary N) is 1. The second-order valence-electron chi connectivity index (χ2n) is 5.75. The van der Waals surface area contributed by atoms with Gasteiger partial charge < -0.3 is 19.9 Å². The van der Waals surface area contributed by atoms with E-state index in [1.54, 1.807) is 13.3 Å². The Labute approximate surface area is 127 Å². The summed E-state index contributed by atoms with van der Waals surface area (Å²) in [5, 5.41) is 13.0. The van der Waals surface area contributed by atoms with Crippen LogP contribution < -0.4 is 5.32 Å². The van der Waals surface area contributed by atoms with Gasteiger partial charge in [-0.2, -0.15) is 0 Å². The number of nitrogens with zero attached hydrogens (tertiary/aromatic N) is 1. The van der Waals surface area contributed by atoms with Gasteiger partial charge in [0.05, 0.1) is 24.0 Å². The molecule has 5 heteroatoms. The van der Waals surface area contributed by atoms with Crippen molar-refractivity contribution in [2.75, 3.05) is 26.9 Å². The summed E-state index contributed by atoms with van der Waals surface area (Å²) in [6.45, 7) is 6.26. The minimum Gasteiger partial charge on any atom is -0.389 e. The van der Waals surface area contributed by atoms with E-state index in [0.29, 0.717) is 26.3 Å². The monoisotopic (exact) mass is 296 g/mol. The van der Waals surface area contributed by atoms with E-state index in [2.05, 4.69) is 24.1 Å². The second-order valence-corrected chi connectivity index (χ2v) is 5.75. The summed E-state index contributed by atoms with van der Waals surface area (Å²) in [5.74, 6) is 0. The molecule has 0 fully saturated rings. The van der Waals surface area contributed by atoms with E-state index in [9.17, 15) is 5.11 Å².